The lowest BCUT2D eigenvalue weighted by Crippen LogP contribution is -2.14. The van der Waals surface area contributed by atoms with Crippen molar-refractivity contribution in [3.63, 3.8) is 0 Å². The van der Waals surface area contributed by atoms with Gasteiger partial charge >= 0.3 is 5.97 Å². The van der Waals surface area contributed by atoms with E-state index in [1.807, 2.05) is 0 Å². The van der Waals surface area contributed by atoms with Gasteiger partial charge in [0.1, 0.15) is 17.1 Å². The number of anilines is 1. The Hall–Kier alpha value is -2.20. The topological polar surface area (TPSA) is 118 Å². The molecule has 0 bridgehead atoms. The number of sulfonamides is 1. The zero-order chi connectivity index (χ0) is 15.6. The maximum Gasteiger partial charge on any atom is 0.339 e. The summed E-state index contributed by atoms with van der Waals surface area (Å²) in [6.45, 7) is 1.63. The van der Waals surface area contributed by atoms with Crippen molar-refractivity contribution in [3.05, 3.63) is 29.6 Å². The zero-order valence-electron chi connectivity index (χ0n) is 11.0. The van der Waals surface area contributed by atoms with E-state index in [2.05, 4.69) is 14.1 Å². The first-order valence-corrected chi connectivity index (χ1v) is 7.83. The number of carboxylic acids is 1. The number of methoxy groups -OCH3 is 1. The van der Waals surface area contributed by atoms with Crippen LogP contribution in [0, 0.1) is 6.92 Å². The summed E-state index contributed by atoms with van der Waals surface area (Å²) in [5, 5.41) is 9.18. The normalized spacial score (nSPS) is 11.1. The maximum absolute atomic E-state index is 12.2. The quantitative estimate of drug-likeness (QED) is 0.850. The first-order chi connectivity index (χ1) is 9.83. The Morgan fingerprint density at radius 3 is 2.67 bits per heavy atom. The number of rotatable bonds is 5. The molecule has 8 nitrogen and oxygen atoms in total. The van der Waals surface area contributed by atoms with Gasteiger partial charge in [0.2, 0.25) is 5.13 Å². The summed E-state index contributed by atoms with van der Waals surface area (Å²) >= 11 is 0.897. The average Bonchev–Trinajstić information content (AvgIpc) is 2.82. The van der Waals surface area contributed by atoms with Gasteiger partial charge in [0.05, 0.1) is 12.0 Å². The number of hydrogen-bond donors (Lipinski definition) is 2. The molecule has 2 N–H and O–H groups in total. The van der Waals surface area contributed by atoms with E-state index in [0.29, 0.717) is 5.82 Å². The summed E-state index contributed by atoms with van der Waals surface area (Å²) < 4.78 is 35.3. The SMILES string of the molecule is COc1ccc(S(=O)(=O)Nc2nc(C)ns2)cc1C(=O)O. The molecule has 2 rings (SSSR count). The molecule has 1 aromatic carbocycles. The van der Waals surface area contributed by atoms with Gasteiger partial charge in [-0.25, -0.2) is 18.2 Å². The highest BCUT2D eigenvalue weighted by atomic mass is 32.2. The molecule has 0 unspecified atom stereocenters. The van der Waals surface area contributed by atoms with Crippen LogP contribution in [-0.4, -0.2) is 36.0 Å². The van der Waals surface area contributed by atoms with Gasteiger partial charge in [0.25, 0.3) is 10.0 Å². The molecule has 1 heterocycles. The summed E-state index contributed by atoms with van der Waals surface area (Å²) in [5.74, 6) is -0.762. The predicted molar refractivity (Wildman–Crippen MR) is 75.4 cm³/mol. The van der Waals surface area contributed by atoms with Crippen LogP contribution in [0.2, 0.25) is 0 Å². The Bertz CT molecular complexity index is 785. The van der Waals surface area contributed by atoms with E-state index < -0.39 is 16.0 Å². The van der Waals surface area contributed by atoms with E-state index in [1.54, 1.807) is 6.92 Å². The van der Waals surface area contributed by atoms with E-state index >= 15 is 0 Å². The highest BCUT2D eigenvalue weighted by Crippen LogP contribution is 2.24. The van der Waals surface area contributed by atoms with Gasteiger partial charge in [0, 0.05) is 11.5 Å². The smallest absolute Gasteiger partial charge is 0.339 e. The third-order valence-corrected chi connectivity index (χ3v) is 4.65. The van der Waals surface area contributed by atoms with Gasteiger partial charge in [-0.15, -0.1) is 0 Å². The summed E-state index contributed by atoms with van der Waals surface area (Å²) in [6.07, 6.45) is 0. The molecule has 0 saturated heterocycles. The summed E-state index contributed by atoms with van der Waals surface area (Å²) in [4.78, 5) is 14.8. The molecule has 0 aliphatic rings. The van der Waals surface area contributed by atoms with Crippen LogP contribution in [0.3, 0.4) is 0 Å². The molecule has 0 saturated carbocycles. The number of hydrogen-bond acceptors (Lipinski definition) is 7. The van der Waals surface area contributed by atoms with Crippen molar-refractivity contribution in [1.29, 1.82) is 0 Å². The fraction of sp³-hybridized carbons (Fsp3) is 0.182. The highest BCUT2D eigenvalue weighted by Gasteiger charge is 2.20. The minimum Gasteiger partial charge on any atom is -0.496 e. The first kappa shape index (κ1) is 15.2. The van der Waals surface area contributed by atoms with Crippen molar-refractivity contribution in [2.24, 2.45) is 0 Å². The second-order valence-electron chi connectivity index (χ2n) is 3.92. The van der Waals surface area contributed by atoms with Gasteiger partial charge in [-0.1, -0.05) is 0 Å². The second-order valence-corrected chi connectivity index (χ2v) is 6.35. The lowest BCUT2D eigenvalue weighted by molar-refractivity contribution is 0.0693. The van der Waals surface area contributed by atoms with Gasteiger partial charge in [-0.2, -0.15) is 4.37 Å². The van der Waals surface area contributed by atoms with E-state index in [0.717, 1.165) is 17.6 Å². The molecule has 0 amide bonds. The molecule has 0 aliphatic heterocycles. The fourth-order valence-corrected chi connectivity index (χ4v) is 3.36. The minimum absolute atomic E-state index is 0.0770. The molecule has 1 aromatic heterocycles. The van der Waals surface area contributed by atoms with Gasteiger partial charge in [0.15, 0.2) is 0 Å². The van der Waals surface area contributed by atoms with Crippen LogP contribution >= 0.6 is 11.5 Å². The van der Waals surface area contributed by atoms with Crippen molar-refractivity contribution in [2.45, 2.75) is 11.8 Å². The molecule has 21 heavy (non-hydrogen) atoms. The number of aromatic carboxylic acids is 1. The monoisotopic (exact) mass is 329 g/mol. The number of benzene rings is 1. The van der Waals surface area contributed by atoms with Crippen molar-refractivity contribution < 1.29 is 23.1 Å². The van der Waals surface area contributed by atoms with Crippen LogP contribution in [0.15, 0.2) is 23.1 Å². The molecule has 10 heteroatoms. The lowest BCUT2D eigenvalue weighted by atomic mass is 10.2. The standard InChI is InChI=1S/C11H11N3O5S2/c1-6-12-11(20-13-6)14-21(17,18)7-3-4-9(19-2)8(5-7)10(15)16/h3-5H,1-2H3,(H,15,16)(H,12,13,14). The number of nitrogens with zero attached hydrogens (tertiary/aromatic N) is 2. The van der Waals surface area contributed by atoms with Crippen molar-refractivity contribution in [3.8, 4) is 5.75 Å². The fourth-order valence-electron chi connectivity index (χ4n) is 1.53. The molecule has 0 radical (unpaired) electrons. The number of nitrogens with one attached hydrogen (secondary N) is 1. The highest BCUT2D eigenvalue weighted by molar-refractivity contribution is 7.93. The number of ether oxygens (including phenoxy) is 1. The minimum atomic E-state index is -3.94. The predicted octanol–water partition coefficient (Wildman–Crippen LogP) is 1.35. The number of aromatic nitrogens is 2. The van der Waals surface area contributed by atoms with Crippen LogP contribution < -0.4 is 9.46 Å². The van der Waals surface area contributed by atoms with E-state index in [9.17, 15) is 13.2 Å². The van der Waals surface area contributed by atoms with Crippen LogP contribution in [-0.2, 0) is 10.0 Å². The van der Waals surface area contributed by atoms with Crippen molar-refractivity contribution in [1.82, 2.24) is 9.36 Å². The Morgan fingerprint density at radius 1 is 1.43 bits per heavy atom. The second kappa shape index (κ2) is 5.66. The Labute approximate surface area is 124 Å². The van der Waals surface area contributed by atoms with Crippen molar-refractivity contribution in [2.75, 3.05) is 11.8 Å². The summed E-state index contributed by atoms with van der Waals surface area (Å²) in [5.41, 5.74) is -0.242. The molecule has 0 aliphatic carbocycles. The molecule has 2 aromatic rings. The van der Waals surface area contributed by atoms with Gasteiger partial charge in [-0.3, -0.25) is 4.72 Å². The van der Waals surface area contributed by atoms with Crippen LogP contribution in [0.1, 0.15) is 16.2 Å². The average molecular weight is 329 g/mol. The molecular weight excluding hydrogens is 318 g/mol. The van der Waals surface area contributed by atoms with Crippen LogP contribution in [0.4, 0.5) is 5.13 Å². The van der Waals surface area contributed by atoms with E-state index in [4.69, 9.17) is 9.84 Å². The molecule has 0 fully saturated rings. The van der Waals surface area contributed by atoms with Gasteiger partial charge < -0.3 is 9.84 Å². The van der Waals surface area contributed by atoms with E-state index in [1.165, 1.54) is 19.2 Å². The largest absolute Gasteiger partial charge is 0.496 e. The number of carboxylic acid groups (broad SMARTS) is 1. The Balaban J connectivity index is 2.40. The third kappa shape index (κ3) is 3.28. The summed E-state index contributed by atoms with van der Waals surface area (Å²) in [7, 11) is -2.64. The Kier molecular flexibility index (Phi) is 4.09. The van der Waals surface area contributed by atoms with Gasteiger partial charge in [-0.05, 0) is 25.1 Å². The first-order valence-electron chi connectivity index (χ1n) is 5.58. The molecule has 0 spiro atoms. The van der Waals surface area contributed by atoms with E-state index in [-0.39, 0.29) is 21.3 Å². The zero-order valence-corrected chi connectivity index (χ0v) is 12.7. The lowest BCUT2D eigenvalue weighted by Gasteiger charge is -2.08. The van der Waals surface area contributed by atoms with Crippen LogP contribution in [0.25, 0.3) is 0 Å². The number of carbonyl (C=O) groups is 1. The molecule has 112 valence electrons. The third-order valence-electron chi connectivity index (χ3n) is 2.46. The Morgan fingerprint density at radius 2 is 2.14 bits per heavy atom. The molecule has 0 atom stereocenters. The maximum atomic E-state index is 12.2. The van der Waals surface area contributed by atoms with Crippen molar-refractivity contribution >= 4 is 32.7 Å². The number of aryl methyl sites for hydroxylation is 1. The summed E-state index contributed by atoms with van der Waals surface area (Å²) in [6, 6.07) is 3.56. The molecular formula is C11H11N3O5S2. The van der Waals surface area contributed by atoms with Crippen LogP contribution in [0.5, 0.6) is 5.75 Å².